The minimum Gasteiger partial charge on any atom is -0.379 e. The summed E-state index contributed by atoms with van der Waals surface area (Å²) in [6.45, 7) is 1.26. The Morgan fingerprint density at radius 3 is 2.59 bits per heavy atom. The molecular formula is C19H19N3O6S. The highest BCUT2D eigenvalue weighted by Crippen LogP contribution is 2.21. The molecule has 0 atom stereocenters. The van der Waals surface area contributed by atoms with Gasteiger partial charge in [-0.1, -0.05) is 18.2 Å². The Hall–Kier alpha value is -3.08. The van der Waals surface area contributed by atoms with Crippen molar-refractivity contribution in [2.45, 2.75) is 4.90 Å². The minimum absolute atomic E-state index is 0.0754. The van der Waals surface area contributed by atoms with Gasteiger partial charge in [0.2, 0.25) is 15.9 Å². The van der Waals surface area contributed by atoms with Crippen LogP contribution in [0.25, 0.3) is 6.08 Å². The number of morpholine rings is 1. The van der Waals surface area contributed by atoms with E-state index in [1.807, 2.05) is 0 Å². The van der Waals surface area contributed by atoms with E-state index < -0.39 is 20.9 Å². The monoisotopic (exact) mass is 417 g/mol. The summed E-state index contributed by atoms with van der Waals surface area (Å²) in [6, 6.07) is 11.9. The number of hydrogen-bond acceptors (Lipinski definition) is 6. The first-order valence-corrected chi connectivity index (χ1v) is 10.2. The predicted molar refractivity (Wildman–Crippen MR) is 107 cm³/mol. The van der Waals surface area contributed by atoms with E-state index in [1.54, 1.807) is 18.2 Å². The van der Waals surface area contributed by atoms with E-state index in [4.69, 9.17) is 4.74 Å². The maximum Gasteiger partial charge on any atom is 0.270 e. The van der Waals surface area contributed by atoms with Crippen molar-refractivity contribution in [1.82, 2.24) is 4.31 Å². The first-order chi connectivity index (χ1) is 13.9. The lowest BCUT2D eigenvalue weighted by atomic mass is 10.2. The molecule has 0 bridgehead atoms. The number of nitro benzene ring substituents is 1. The van der Waals surface area contributed by atoms with Gasteiger partial charge in [0.15, 0.2) is 0 Å². The lowest BCUT2D eigenvalue weighted by Gasteiger charge is -2.26. The van der Waals surface area contributed by atoms with Crippen LogP contribution in [0.4, 0.5) is 11.4 Å². The van der Waals surface area contributed by atoms with E-state index in [0.717, 1.165) is 0 Å². The second-order valence-electron chi connectivity index (χ2n) is 6.22. The number of sulfonamides is 1. The number of nitrogens with zero attached hydrogens (tertiary/aromatic N) is 2. The van der Waals surface area contributed by atoms with Crippen molar-refractivity contribution in [2.24, 2.45) is 0 Å². The summed E-state index contributed by atoms with van der Waals surface area (Å²) in [5.74, 6) is -0.488. The molecular weight excluding hydrogens is 398 g/mol. The molecule has 1 heterocycles. The molecule has 0 radical (unpaired) electrons. The van der Waals surface area contributed by atoms with E-state index in [1.165, 1.54) is 46.8 Å². The van der Waals surface area contributed by atoms with Crippen LogP contribution in [0.2, 0.25) is 0 Å². The number of amides is 1. The highest BCUT2D eigenvalue weighted by atomic mass is 32.2. The van der Waals surface area contributed by atoms with Crippen molar-refractivity contribution < 1.29 is 22.9 Å². The Morgan fingerprint density at radius 2 is 1.86 bits per heavy atom. The standard InChI is InChI=1S/C19H19N3O6S/c23-19(8-7-15-3-1-5-17(13-15)22(24)25)20-16-4-2-6-18(14-16)29(26,27)21-9-11-28-12-10-21/h1-8,13-14H,9-12H2,(H,20,23)/b8-7+. The molecule has 0 spiro atoms. The molecule has 9 nitrogen and oxygen atoms in total. The van der Waals surface area contributed by atoms with Gasteiger partial charge in [0.05, 0.1) is 23.0 Å². The fraction of sp³-hybridized carbons (Fsp3) is 0.211. The van der Waals surface area contributed by atoms with Crippen LogP contribution in [-0.4, -0.2) is 49.9 Å². The molecule has 2 aromatic carbocycles. The largest absolute Gasteiger partial charge is 0.379 e. The molecule has 152 valence electrons. The predicted octanol–water partition coefficient (Wildman–Crippen LogP) is 2.27. The molecule has 29 heavy (non-hydrogen) atoms. The van der Waals surface area contributed by atoms with Gasteiger partial charge in [0, 0.05) is 37.0 Å². The van der Waals surface area contributed by atoms with Gasteiger partial charge in [-0.25, -0.2) is 8.42 Å². The highest BCUT2D eigenvalue weighted by molar-refractivity contribution is 7.89. The molecule has 2 aromatic rings. The van der Waals surface area contributed by atoms with Crippen LogP contribution in [0.3, 0.4) is 0 Å². The second kappa shape index (κ2) is 8.95. The summed E-state index contributed by atoms with van der Waals surface area (Å²) in [5, 5.41) is 13.4. The van der Waals surface area contributed by atoms with Crippen molar-refractivity contribution in [2.75, 3.05) is 31.6 Å². The summed E-state index contributed by atoms with van der Waals surface area (Å²) in [6.07, 6.45) is 2.67. The van der Waals surface area contributed by atoms with E-state index in [2.05, 4.69) is 5.32 Å². The summed E-state index contributed by atoms with van der Waals surface area (Å²) in [7, 11) is -3.67. The van der Waals surface area contributed by atoms with Gasteiger partial charge in [-0.05, 0) is 29.8 Å². The molecule has 3 rings (SSSR count). The Balaban J connectivity index is 1.70. The number of carbonyl (C=O) groups excluding carboxylic acids is 1. The highest BCUT2D eigenvalue weighted by Gasteiger charge is 2.26. The normalized spacial score (nSPS) is 15.3. The first kappa shape index (κ1) is 20.6. The molecule has 10 heteroatoms. The van der Waals surface area contributed by atoms with Gasteiger partial charge in [-0.2, -0.15) is 4.31 Å². The third kappa shape index (κ3) is 5.25. The van der Waals surface area contributed by atoms with E-state index in [-0.39, 0.29) is 23.7 Å². The maximum absolute atomic E-state index is 12.7. The number of non-ortho nitro benzene ring substituents is 1. The van der Waals surface area contributed by atoms with Gasteiger partial charge >= 0.3 is 0 Å². The van der Waals surface area contributed by atoms with E-state index in [9.17, 15) is 23.3 Å². The molecule has 0 saturated carbocycles. The van der Waals surface area contributed by atoms with Crippen LogP contribution in [0.5, 0.6) is 0 Å². The zero-order chi connectivity index (χ0) is 20.9. The minimum atomic E-state index is -3.67. The van der Waals surface area contributed by atoms with Crippen LogP contribution in [-0.2, 0) is 19.6 Å². The average Bonchev–Trinajstić information content (AvgIpc) is 2.73. The van der Waals surface area contributed by atoms with Crippen LogP contribution in [0.1, 0.15) is 5.56 Å². The summed E-state index contributed by atoms with van der Waals surface area (Å²) < 4.78 is 32.0. The van der Waals surface area contributed by atoms with Crippen LogP contribution < -0.4 is 5.32 Å². The fourth-order valence-corrected chi connectivity index (χ4v) is 4.22. The van der Waals surface area contributed by atoms with Gasteiger partial charge in [-0.3, -0.25) is 14.9 Å². The van der Waals surface area contributed by atoms with Gasteiger partial charge in [-0.15, -0.1) is 0 Å². The van der Waals surface area contributed by atoms with Gasteiger partial charge in [0.1, 0.15) is 0 Å². The lowest BCUT2D eigenvalue weighted by Crippen LogP contribution is -2.40. The number of anilines is 1. The molecule has 1 amide bonds. The van der Waals surface area contributed by atoms with E-state index in [0.29, 0.717) is 24.5 Å². The number of carbonyl (C=O) groups is 1. The molecule has 1 saturated heterocycles. The van der Waals surface area contributed by atoms with Crippen LogP contribution >= 0.6 is 0 Å². The number of nitrogens with one attached hydrogen (secondary N) is 1. The Kier molecular flexibility index (Phi) is 6.37. The molecule has 0 aromatic heterocycles. The Bertz CT molecular complexity index is 1050. The Morgan fingerprint density at radius 1 is 1.14 bits per heavy atom. The number of rotatable bonds is 6. The summed E-state index contributed by atoms with van der Waals surface area (Å²) >= 11 is 0. The third-order valence-electron chi connectivity index (χ3n) is 4.22. The number of benzene rings is 2. The van der Waals surface area contributed by atoms with Crippen molar-refractivity contribution >= 4 is 33.4 Å². The first-order valence-electron chi connectivity index (χ1n) is 8.78. The van der Waals surface area contributed by atoms with Crippen molar-refractivity contribution in [1.29, 1.82) is 0 Å². The number of nitro groups is 1. The zero-order valence-electron chi connectivity index (χ0n) is 15.4. The van der Waals surface area contributed by atoms with Crippen LogP contribution in [0.15, 0.2) is 59.5 Å². The van der Waals surface area contributed by atoms with Gasteiger partial charge < -0.3 is 10.1 Å². The SMILES string of the molecule is O=C(/C=C/c1cccc([N+](=O)[O-])c1)Nc1cccc(S(=O)(=O)N2CCOCC2)c1. The summed E-state index contributed by atoms with van der Waals surface area (Å²) in [5.41, 5.74) is 0.750. The topological polar surface area (TPSA) is 119 Å². The molecule has 0 unspecified atom stereocenters. The summed E-state index contributed by atoms with van der Waals surface area (Å²) in [4.78, 5) is 22.5. The lowest BCUT2D eigenvalue weighted by molar-refractivity contribution is -0.384. The third-order valence-corrected chi connectivity index (χ3v) is 6.11. The van der Waals surface area contributed by atoms with Crippen molar-refractivity contribution in [3.63, 3.8) is 0 Å². The average molecular weight is 417 g/mol. The van der Waals surface area contributed by atoms with Crippen molar-refractivity contribution in [3.05, 3.63) is 70.3 Å². The van der Waals surface area contributed by atoms with Gasteiger partial charge in [0.25, 0.3) is 5.69 Å². The fourth-order valence-electron chi connectivity index (χ4n) is 2.77. The second-order valence-corrected chi connectivity index (χ2v) is 8.16. The quantitative estimate of drug-likeness (QED) is 0.437. The molecule has 1 N–H and O–H groups in total. The zero-order valence-corrected chi connectivity index (χ0v) is 16.2. The molecule has 0 aliphatic carbocycles. The van der Waals surface area contributed by atoms with Crippen molar-refractivity contribution in [3.8, 4) is 0 Å². The van der Waals surface area contributed by atoms with E-state index >= 15 is 0 Å². The molecule has 1 aliphatic rings. The Labute approximate surface area is 167 Å². The van der Waals surface area contributed by atoms with Crippen LogP contribution in [0, 0.1) is 10.1 Å². The smallest absolute Gasteiger partial charge is 0.270 e. The molecule has 1 aliphatic heterocycles. The molecule has 1 fully saturated rings. The maximum atomic E-state index is 12.7. The number of ether oxygens (including phenoxy) is 1. The number of hydrogen-bond donors (Lipinski definition) is 1.